The SMILES string of the molecule is O=C(CBr)c1ccc(-n2nccn2)nc1. The fourth-order valence-electron chi connectivity index (χ4n) is 1.08. The minimum absolute atomic E-state index is 0.00229. The van der Waals surface area contributed by atoms with Crippen molar-refractivity contribution in [1.29, 1.82) is 0 Å². The average molecular weight is 267 g/mol. The van der Waals surface area contributed by atoms with Crippen molar-refractivity contribution >= 4 is 21.7 Å². The second kappa shape index (κ2) is 4.31. The first-order valence-electron chi connectivity index (χ1n) is 4.23. The monoisotopic (exact) mass is 266 g/mol. The molecule has 0 aliphatic heterocycles. The maximum Gasteiger partial charge on any atom is 0.174 e. The molecule has 0 spiro atoms. The average Bonchev–Trinajstić information content (AvgIpc) is 2.82. The van der Waals surface area contributed by atoms with Gasteiger partial charge in [0.25, 0.3) is 0 Å². The van der Waals surface area contributed by atoms with Crippen LogP contribution >= 0.6 is 15.9 Å². The van der Waals surface area contributed by atoms with Gasteiger partial charge in [0.15, 0.2) is 11.6 Å². The number of halogens is 1. The van der Waals surface area contributed by atoms with Crippen LogP contribution in [0.5, 0.6) is 0 Å². The van der Waals surface area contributed by atoms with E-state index in [1.165, 1.54) is 11.0 Å². The molecular formula is C9H7BrN4O. The van der Waals surface area contributed by atoms with E-state index in [0.29, 0.717) is 16.7 Å². The van der Waals surface area contributed by atoms with Crippen molar-refractivity contribution in [3.05, 3.63) is 36.3 Å². The lowest BCUT2D eigenvalue weighted by Gasteiger charge is -1.99. The minimum atomic E-state index is 0.00229. The quantitative estimate of drug-likeness (QED) is 0.620. The smallest absolute Gasteiger partial charge is 0.174 e. The molecule has 0 bridgehead atoms. The third-order valence-corrected chi connectivity index (χ3v) is 2.32. The summed E-state index contributed by atoms with van der Waals surface area (Å²) in [5.41, 5.74) is 0.572. The standard InChI is InChI=1S/C9H7BrN4O/c10-5-8(15)7-1-2-9(11-6-7)14-12-3-4-13-14/h1-4,6H,5H2. The van der Waals surface area contributed by atoms with Crippen LogP contribution in [0.4, 0.5) is 0 Å². The van der Waals surface area contributed by atoms with Crippen molar-refractivity contribution in [2.45, 2.75) is 0 Å². The van der Waals surface area contributed by atoms with E-state index < -0.39 is 0 Å². The molecule has 15 heavy (non-hydrogen) atoms. The number of alkyl halides is 1. The van der Waals surface area contributed by atoms with Crippen molar-refractivity contribution in [2.24, 2.45) is 0 Å². The zero-order chi connectivity index (χ0) is 10.7. The number of pyridine rings is 1. The highest BCUT2D eigenvalue weighted by atomic mass is 79.9. The van der Waals surface area contributed by atoms with Gasteiger partial charge in [-0.3, -0.25) is 4.79 Å². The molecule has 76 valence electrons. The first kappa shape index (κ1) is 9.97. The highest BCUT2D eigenvalue weighted by molar-refractivity contribution is 9.09. The molecule has 0 amide bonds. The Labute approximate surface area is 94.3 Å². The van der Waals surface area contributed by atoms with Gasteiger partial charge in [-0.2, -0.15) is 10.2 Å². The number of carbonyl (C=O) groups excluding carboxylic acids is 1. The molecule has 0 aliphatic rings. The molecule has 0 saturated carbocycles. The number of nitrogens with zero attached hydrogens (tertiary/aromatic N) is 4. The van der Waals surface area contributed by atoms with Crippen molar-refractivity contribution in [3.8, 4) is 5.82 Å². The maximum atomic E-state index is 11.3. The Balaban J connectivity index is 2.29. The van der Waals surface area contributed by atoms with Gasteiger partial charge in [0.2, 0.25) is 0 Å². The van der Waals surface area contributed by atoms with Gasteiger partial charge in [-0.15, -0.1) is 4.80 Å². The van der Waals surface area contributed by atoms with E-state index >= 15 is 0 Å². The Morgan fingerprint density at radius 3 is 2.60 bits per heavy atom. The van der Waals surface area contributed by atoms with E-state index in [-0.39, 0.29) is 5.78 Å². The molecule has 2 aromatic rings. The van der Waals surface area contributed by atoms with Gasteiger partial charge in [-0.05, 0) is 12.1 Å². The van der Waals surface area contributed by atoms with E-state index in [0.717, 1.165) is 0 Å². The summed E-state index contributed by atoms with van der Waals surface area (Å²) in [5.74, 6) is 0.591. The number of hydrogen-bond acceptors (Lipinski definition) is 4. The third-order valence-electron chi connectivity index (χ3n) is 1.81. The second-order valence-corrected chi connectivity index (χ2v) is 3.34. The molecule has 0 aliphatic carbocycles. The lowest BCUT2D eigenvalue weighted by molar-refractivity contribution is 0.102. The van der Waals surface area contributed by atoms with Crippen molar-refractivity contribution in [2.75, 3.05) is 5.33 Å². The molecule has 5 nitrogen and oxygen atoms in total. The molecule has 2 aromatic heterocycles. The summed E-state index contributed by atoms with van der Waals surface area (Å²) in [6, 6.07) is 3.41. The topological polar surface area (TPSA) is 60.7 Å². The van der Waals surface area contributed by atoms with Crippen LogP contribution in [-0.2, 0) is 0 Å². The van der Waals surface area contributed by atoms with Gasteiger partial charge in [0, 0.05) is 11.8 Å². The third kappa shape index (κ3) is 2.10. The predicted octanol–water partition coefficient (Wildman–Crippen LogP) is 1.24. The Bertz CT molecular complexity index is 451. The lowest BCUT2D eigenvalue weighted by Crippen LogP contribution is -2.04. The fraction of sp³-hybridized carbons (Fsp3) is 0.111. The van der Waals surface area contributed by atoms with Crippen LogP contribution in [0.2, 0.25) is 0 Å². The molecule has 0 saturated heterocycles. The van der Waals surface area contributed by atoms with Crippen LogP contribution in [0.25, 0.3) is 5.82 Å². The molecule has 2 rings (SSSR count). The summed E-state index contributed by atoms with van der Waals surface area (Å²) in [4.78, 5) is 16.8. The molecule has 2 heterocycles. The summed E-state index contributed by atoms with van der Waals surface area (Å²) >= 11 is 3.10. The van der Waals surface area contributed by atoms with Gasteiger partial charge in [-0.25, -0.2) is 4.98 Å². The van der Waals surface area contributed by atoms with Gasteiger partial charge < -0.3 is 0 Å². The fourth-order valence-corrected chi connectivity index (χ4v) is 1.40. The normalized spacial score (nSPS) is 10.2. The zero-order valence-corrected chi connectivity index (χ0v) is 9.25. The number of hydrogen-bond donors (Lipinski definition) is 0. The number of carbonyl (C=O) groups is 1. The largest absolute Gasteiger partial charge is 0.293 e. The Morgan fingerprint density at radius 1 is 1.33 bits per heavy atom. The molecule has 0 radical (unpaired) electrons. The first-order chi connectivity index (χ1) is 7.31. The van der Waals surface area contributed by atoms with E-state index in [4.69, 9.17) is 0 Å². The number of rotatable bonds is 3. The van der Waals surface area contributed by atoms with Crippen LogP contribution in [-0.4, -0.2) is 31.1 Å². The Kier molecular flexibility index (Phi) is 2.86. The Morgan fingerprint density at radius 2 is 2.07 bits per heavy atom. The summed E-state index contributed by atoms with van der Waals surface area (Å²) in [6.07, 6.45) is 4.65. The predicted molar refractivity (Wildman–Crippen MR) is 57.3 cm³/mol. The van der Waals surface area contributed by atoms with Gasteiger partial charge in [0.05, 0.1) is 17.7 Å². The molecular weight excluding hydrogens is 260 g/mol. The van der Waals surface area contributed by atoms with E-state index in [2.05, 4.69) is 31.1 Å². The van der Waals surface area contributed by atoms with E-state index in [1.54, 1.807) is 24.5 Å². The number of ketones is 1. The van der Waals surface area contributed by atoms with Crippen LogP contribution < -0.4 is 0 Å². The highest BCUT2D eigenvalue weighted by Crippen LogP contribution is 2.05. The lowest BCUT2D eigenvalue weighted by atomic mass is 10.2. The Hall–Kier alpha value is -1.56. The summed E-state index contributed by atoms with van der Waals surface area (Å²) in [5, 5.41) is 8.16. The van der Waals surface area contributed by atoms with Crippen LogP contribution in [0.1, 0.15) is 10.4 Å². The van der Waals surface area contributed by atoms with Crippen molar-refractivity contribution in [1.82, 2.24) is 20.0 Å². The number of Topliss-reactive ketones (excluding diaryl/α,β-unsaturated/α-hetero) is 1. The van der Waals surface area contributed by atoms with Crippen molar-refractivity contribution in [3.63, 3.8) is 0 Å². The summed E-state index contributed by atoms with van der Waals surface area (Å²) < 4.78 is 0. The van der Waals surface area contributed by atoms with Crippen LogP contribution in [0, 0.1) is 0 Å². The molecule has 0 fully saturated rings. The van der Waals surface area contributed by atoms with Crippen LogP contribution in [0.3, 0.4) is 0 Å². The van der Waals surface area contributed by atoms with Gasteiger partial charge >= 0.3 is 0 Å². The first-order valence-corrected chi connectivity index (χ1v) is 5.35. The summed E-state index contributed by atoms with van der Waals surface area (Å²) in [7, 11) is 0. The second-order valence-electron chi connectivity index (χ2n) is 2.78. The van der Waals surface area contributed by atoms with E-state index in [9.17, 15) is 4.79 Å². The molecule has 0 atom stereocenters. The van der Waals surface area contributed by atoms with Gasteiger partial charge in [0.1, 0.15) is 0 Å². The zero-order valence-electron chi connectivity index (χ0n) is 7.67. The molecule has 0 unspecified atom stereocenters. The maximum absolute atomic E-state index is 11.3. The molecule has 6 heteroatoms. The van der Waals surface area contributed by atoms with E-state index in [1.807, 2.05) is 0 Å². The van der Waals surface area contributed by atoms with Crippen molar-refractivity contribution < 1.29 is 4.79 Å². The summed E-state index contributed by atoms with van der Waals surface area (Å²) in [6.45, 7) is 0. The van der Waals surface area contributed by atoms with Gasteiger partial charge in [-0.1, -0.05) is 15.9 Å². The molecule has 0 aromatic carbocycles. The highest BCUT2D eigenvalue weighted by Gasteiger charge is 2.05. The molecule has 0 N–H and O–H groups in total. The minimum Gasteiger partial charge on any atom is -0.293 e. The van der Waals surface area contributed by atoms with Crippen LogP contribution in [0.15, 0.2) is 30.7 Å². The number of aromatic nitrogens is 4.